The highest BCUT2D eigenvalue weighted by Crippen LogP contribution is 2.35. The molecule has 3 rings (SSSR count). The zero-order chi connectivity index (χ0) is 18.0. The molecule has 0 unspecified atom stereocenters. The molecular weight excluding hydrogens is 342 g/mol. The average molecular weight is 360 g/mol. The Morgan fingerprint density at radius 1 is 1.08 bits per heavy atom. The van der Waals surface area contributed by atoms with Gasteiger partial charge >= 0.3 is 0 Å². The second-order valence-electron chi connectivity index (χ2n) is 6.01. The molecule has 1 fully saturated rings. The minimum Gasteiger partial charge on any atom is -0.361 e. The molecule has 1 aliphatic rings. The molecule has 0 bridgehead atoms. The molecule has 130 valence electrons. The topological polar surface area (TPSA) is 66.7 Å². The number of nitrogens with zero attached hydrogens (tertiary/aromatic N) is 3. The van der Waals surface area contributed by atoms with Crippen LogP contribution >= 0.6 is 11.6 Å². The van der Waals surface area contributed by atoms with E-state index in [4.69, 9.17) is 11.6 Å². The molecule has 7 heteroatoms. The number of rotatable bonds is 3. The van der Waals surface area contributed by atoms with Crippen LogP contribution in [0.5, 0.6) is 0 Å². The first-order valence-electron chi connectivity index (χ1n) is 8.01. The van der Waals surface area contributed by atoms with E-state index in [9.17, 15) is 14.9 Å². The number of nitro groups is 1. The zero-order valence-electron chi connectivity index (χ0n) is 13.8. The fraction of sp³-hybridized carbons (Fsp3) is 0.278. The fourth-order valence-electron chi connectivity index (χ4n) is 2.98. The van der Waals surface area contributed by atoms with Crippen molar-refractivity contribution in [1.82, 2.24) is 4.90 Å². The van der Waals surface area contributed by atoms with Gasteiger partial charge in [-0.2, -0.15) is 0 Å². The van der Waals surface area contributed by atoms with Gasteiger partial charge in [0, 0.05) is 37.8 Å². The van der Waals surface area contributed by atoms with Crippen LogP contribution in [0.3, 0.4) is 0 Å². The molecule has 0 aromatic heterocycles. The number of aryl methyl sites for hydroxylation is 1. The zero-order valence-corrected chi connectivity index (χ0v) is 14.6. The third kappa shape index (κ3) is 3.58. The Hall–Kier alpha value is -2.60. The van der Waals surface area contributed by atoms with Crippen LogP contribution in [0.15, 0.2) is 42.5 Å². The number of halogens is 1. The van der Waals surface area contributed by atoms with Crippen LogP contribution in [-0.4, -0.2) is 41.9 Å². The lowest BCUT2D eigenvalue weighted by atomic mass is 10.1. The largest absolute Gasteiger partial charge is 0.361 e. The van der Waals surface area contributed by atoms with E-state index in [-0.39, 0.29) is 11.6 Å². The van der Waals surface area contributed by atoms with Crippen molar-refractivity contribution in [2.75, 3.05) is 31.1 Å². The second kappa shape index (κ2) is 7.11. The molecule has 1 aliphatic heterocycles. The summed E-state index contributed by atoms with van der Waals surface area (Å²) in [4.78, 5) is 27.0. The predicted octanol–water partition coefficient (Wildman–Crippen LogP) is 3.52. The number of anilines is 1. The molecule has 2 aromatic rings. The highest BCUT2D eigenvalue weighted by molar-refractivity contribution is 6.33. The smallest absolute Gasteiger partial charge is 0.294 e. The van der Waals surface area contributed by atoms with Gasteiger partial charge in [0.25, 0.3) is 11.6 Å². The third-order valence-corrected chi connectivity index (χ3v) is 4.65. The van der Waals surface area contributed by atoms with Gasteiger partial charge < -0.3 is 9.80 Å². The molecule has 2 aromatic carbocycles. The van der Waals surface area contributed by atoms with Gasteiger partial charge in [0.05, 0.1) is 9.95 Å². The first-order valence-corrected chi connectivity index (χ1v) is 8.39. The standard InChI is InChI=1S/C18H18ClN3O3/c1-13-5-7-14(8-6-13)18(23)21-11-9-20(10-12-21)17-15(19)3-2-4-16(17)22(24)25/h2-8H,9-12H2,1H3. The number of hydrogen-bond donors (Lipinski definition) is 0. The maximum absolute atomic E-state index is 12.6. The van der Waals surface area contributed by atoms with Crippen LogP contribution in [0.25, 0.3) is 0 Å². The van der Waals surface area contributed by atoms with E-state index < -0.39 is 4.92 Å². The molecule has 25 heavy (non-hydrogen) atoms. The molecule has 0 radical (unpaired) electrons. The Balaban J connectivity index is 1.73. The third-order valence-electron chi connectivity index (χ3n) is 4.34. The Morgan fingerprint density at radius 2 is 1.72 bits per heavy atom. The quantitative estimate of drug-likeness (QED) is 0.621. The Morgan fingerprint density at radius 3 is 2.32 bits per heavy atom. The van der Waals surface area contributed by atoms with Crippen molar-refractivity contribution in [3.63, 3.8) is 0 Å². The predicted molar refractivity (Wildman–Crippen MR) is 97.4 cm³/mol. The van der Waals surface area contributed by atoms with Crippen LogP contribution in [-0.2, 0) is 0 Å². The Labute approximate surface area is 150 Å². The molecule has 0 atom stereocenters. The van der Waals surface area contributed by atoms with E-state index in [0.29, 0.717) is 42.5 Å². The number of para-hydroxylation sites is 1. The summed E-state index contributed by atoms with van der Waals surface area (Å²) in [6, 6.07) is 12.1. The number of carbonyl (C=O) groups is 1. The van der Waals surface area contributed by atoms with Crippen LogP contribution in [0.1, 0.15) is 15.9 Å². The molecule has 1 saturated heterocycles. The molecule has 0 saturated carbocycles. The number of amides is 1. The van der Waals surface area contributed by atoms with Crippen LogP contribution < -0.4 is 4.90 Å². The number of hydrogen-bond acceptors (Lipinski definition) is 4. The first kappa shape index (κ1) is 17.2. The number of piperazine rings is 1. The summed E-state index contributed by atoms with van der Waals surface area (Å²) < 4.78 is 0. The summed E-state index contributed by atoms with van der Waals surface area (Å²) in [5, 5.41) is 11.6. The summed E-state index contributed by atoms with van der Waals surface area (Å²) in [5.41, 5.74) is 2.18. The highest BCUT2D eigenvalue weighted by Gasteiger charge is 2.27. The minimum absolute atomic E-state index is 0.00851. The normalized spacial score (nSPS) is 14.5. The minimum atomic E-state index is -0.426. The molecule has 6 nitrogen and oxygen atoms in total. The van der Waals surface area contributed by atoms with Crippen molar-refractivity contribution in [1.29, 1.82) is 0 Å². The SMILES string of the molecule is Cc1ccc(C(=O)N2CCN(c3c(Cl)cccc3[N+](=O)[O-])CC2)cc1. The molecule has 1 heterocycles. The van der Waals surface area contributed by atoms with Crippen molar-refractivity contribution in [2.24, 2.45) is 0 Å². The van der Waals surface area contributed by atoms with Gasteiger partial charge in [-0.3, -0.25) is 14.9 Å². The molecular formula is C18H18ClN3O3. The van der Waals surface area contributed by atoms with Gasteiger partial charge in [0.2, 0.25) is 0 Å². The van der Waals surface area contributed by atoms with Gasteiger partial charge in [-0.15, -0.1) is 0 Å². The summed E-state index contributed by atoms with van der Waals surface area (Å²) in [6.07, 6.45) is 0. The molecule has 0 aliphatic carbocycles. The van der Waals surface area contributed by atoms with Crippen molar-refractivity contribution in [3.8, 4) is 0 Å². The van der Waals surface area contributed by atoms with Gasteiger partial charge in [-0.25, -0.2) is 0 Å². The van der Waals surface area contributed by atoms with E-state index in [1.54, 1.807) is 17.0 Å². The van der Waals surface area contributed by atoms with Crippen LogP contribution in [0, 0.1) is 17.0 Å². The number of carbonyl (C=O) groups excluding carboxylic acids is 1. The summed E-state index contributed by atoms with van der Waals surface area (Å²) in [6.45, 7) is 3.97. The summed E-state index contributed by atoms with van der Waals surface area (Å²) in [7, 11) is 0. The fourth-order valence-corrected chi connectivity index (χ4v) is 3.27. The lowest BCUT2D eigenvalue weighted by Gasteiger charge is -2.36. The monoisotopic (exact) mass is 359 g/mol. The first-order chi connectivity index (χ1) is 12.0. The average Bonchev–Trinajstić information content (AvgIpc) is 2.61. The van der Waals surface area contributed by atoms with Crippen molar-refractivity contribution < 1.29 is 9.72 Å². The number of nitro benzene ring substituents is 1. The van der Waals surface area contributed by atoms with E-state index in [1.165, 1.54) is 6.07 Å². The van der Waals surface area contributed by atoms with Gasteiger partial charge in [-0.05, 0) is 25.1 Å². The molecule has 1 amide bonds. The number of benzene rings is 2. The lowest BCUT2D eigenvalue weighted by molar-refractivity contribution is -0.384. The second-order valence-corrected chi connectivity index (χ2v) is 6.42. The maximum atomic E-state index is 12.6. The lowest BCUT2D eigenvalue weighted by Crippen LogP contribution is -2.49. The highest BCUT2D eigenvalue weighted by atomic mass is 35.5. The van der Waals surface area contributed by atoms with Crippen molar-refractivity contribution in [3.05, 3.63) is 68.7 Å². The maximum Gasteiger partial charge on any atom is 0.294 e. The van der Waals surface area contributed by atoms with E-state index in [2.05, 4.69) is 0 Å². The van der Waals surface area contributed by atoms with E-state index in [1.807, 2.05) is 36.1 Å². The molecule has 0 spiro atoms. The molecule has 0 N–H and O–H groups in total. The van der Waals surface area contributed by atoms with Crippen molar-refractivity contribution in [2.45, 2.75) is 6.92 Å². The summed E-state index contributed by atoms with van der Waals surface area (Å²) >= 11 is 6.19. The van der Waals surface area contributed by atoms with E-state index >= 15 is 0 Å². The Kier molecular flexibility index (Phi) is 4.90. The Bertz CT molecular complexity index is 800. The summed E-state index contributed by atoms with van der Waals surface area (Å²) in [5.74, 6) is -0.0201. The van der Waals surface area contributed by atoms with Crippen LogP contribution in [0.4, 0.5) is 11.4 Å². The van der Waals surface area contributed by atoms with Gasteiger partial charge in [0.1, 0.15) is 5.69 Å². The van der Waals surface area contributed by atoms with Gasteiger partial charge in [0.15, 0.2) is 0 Å². The van der Waals surface area contributed by atoms with E-state index in [0.717, 1.165) is 5.56 Å². The van der Waals surface area contributed by atoms with Crippen molar-refractivity contribution >= 4 is 28.9 Å². The van der Waals surface area contributed by atoms with Crippen LogP contribution in [0.2, 0.25) is 5.02 Å². The van der Waals surface area contributed by atoms with Gasteiger partial charge in [-0.1, -0.05) is 35.4 Å².